The molecule has 96 heavy (non-hydrogen) atoms. The number of phosphoric ester groups is 2. The Morgan fingerprint density at radius 3 is 0.802 bits per heavy atom. The van der Waals surface area contributed by atoms with Gasteiger partial charge in [0.25, 0.3) is 0 Å². The molecule has 17 nitrogen and oxygen atoms in total. The molecule has 0 heterocycles. The summed E-state index contributed by atoms with van der Waals surface area (Å²) >= 11 is 0. The number of rotatable bonds is 75. The maximum atomic E-state index is 13.1. The second-order valence-corrected chi connectivity index (χ2v) is 29.6. The van der Waals surface area contributed by atoms with Gasteiger partial charge in [0.1, 0.15) is 19.3 Å². The standard InChI is InChI=1S/C77H144O17P2/c1-5-9-13-17-21-25-29-33-35-39-42-46-50-54-58-62-75(80)88-68-73(94-77(82)64-60-56-52-48-44-40-36-34-30-26-22-18-14-10-6-2)70-92-96(85,86)90-66-71(78)65-89-95(83,84)91-69-72(93-76(81)63-59-55-51-47-43-38-32-28-24-20-16-12-8-4)67-87-74(79)61-57-53-49-45-41-37-31-27-23-19-15-11-7-3/h21,25,33-36,71-73,78H,5-20,22-24,26-32,37-70H2,1-4H3,(H,83,84)(H,85,86)/b25-21-,35-33-,36-34-. The van der Waals surface area contributed by atoms with Gasteiger partial charge < -0.3 is 33.8 Å². The lowest BCUT2D eigenvalue weighted by Crippen LogP contribution is -2.30. The van der Waals surface area contributed by atoms with Gasteiger partial charge in [0, 0.05) is 25.7 Å². The molecule has 0 rings (SSSR count). The fourth-order valence-electron chi connectivity index (χ4n) is 11.1. The summed E-state index contributed by atoms with van der Waals surface area (Å²) in [6, 6.07) is 0. The molecule has 564 valence electrons. The van der Waals surface area contributed by atoms with Crippen LogP contribution in [0.3, 0.4) is 0 Å². The van der Waals surface area contributed by atoms with Crippen LogP contribution in [0.2, 0.25) is 0 Å². The van der Waals surface area contributed by atoms with Crippen molar-refractivity contribution >= 4 is 39.5 Å². The zero-order valence-electron chi connectivity index (χ0n) is 61.6. The highest BCUT2D eigenvalue weighted by atomic mass is 31.2. The summed E-state index contributed by atoms with van der Waals surface area (Å²) in [5.41, 5.74) is 0. The Kier molecular flexibility index (Phi) is 68.7. The molecule has 19 heteroatoms. The highest BCUT2D eigenvalue weighted by Crippen LogP contribution is 2.45. The van der Waals surface area contributed by atoms with E-state index >= 15 is 0 Å². The summed E-state index contributed by atoms with van der Waals surface area (Å²) in [6.07, 6.45) is 65.5. The lowest BCUT2D eigenvalue weighted by Gasteiger charge is -2.21. The summed E-state index contributed by atoms with van der Waals surface area (Å²) in [5.74, 6) is -2.16. The molecule has 0 aliphatic rings. The minimum absolute atomic E-state index is 0.0881. The van der Waals surface area contributed by atoms with Crippen LogP contribution >= 0.6 is 15.6 Å². The van der Waals surface area contributed by atoms with E-state index in [-0.39, 0.29) is 25.7 Å². The highest BCUT2D eigenvalue weighted by molar-refractivity contribution is 7.47. The Bertz CT molecular complexity index is 1970. The van der Waals surface area contributed by atoms with Crippen molar-refractivity contribution in [2.24, 2.45) is 0 Å². The first-order chi connectivity index (χ1) is 46.7. The van der Waals surface area contributed by atoms with Gasteiger partial charge in [0.15, 0.2) is 12.2 Å². The molecule has 0 aliphatic heterocycles. The van der Waals surface area contributed by atoms with E-state index in [0.717, 1.165) is 128 Å². The number of aliphatic hydroxyl groups is 1. The van der Waals surface area contributed by atoms with E-state index in [1.54, 1.807) is 0 Å². The van der Waals surface area contributed by atoms with Crippen molar-refractivity contribution in [3.8, 4) is 0 Å². The van der Waals surface area contributed by atoms with Crippen LogP contribution in [0.4, 0.5) is 0 Å². The van der Waals surface area contributed by atoms with Gasteiger partial charge in [0.2, 0.25) is 0 Å². The van der Waals surface area contributed by atoms with Gasteiger partial charge in [-0.05, 0) is 83.5 Å². The summed E-state index contributed by atoms with van der Waals surface area (Å²) in [7, 11) is -9.93. The van der Waals surface area contributed by atoms with Gasteiger partial charge in [-0.15, -0.1) is 0 Å². The van der Waals surface area contributed by atoms with Crippen molar-refractivity contribution in [2.75, 3.05) is 39.6 Å². The second-order valence-electron chi connectivity index (χ2n) is 26.7. The van der Waals surface area contributed by atoms with Crippen LogP contribution in [0.1, 0.15) is 374 Å². The van der Waals surface area contributed by atoms with E-state index in [1.807, 2.05) is 0 Å². The predicted octanol–water partition coefficient (Wildman–Crippen LogP) is 22.3. The number of phosphoric acid groups is 2. The zero-order valence-corrected chi connectivity index (χ0v) is 63.4. The molecule has 0 saturated carbocycles. The quantitative estimate of drug-likeness (QED) is 0.0169. The molecule has 0 aliphatic carbocycles. The highest BCUT2D eigenvalue weighted by Gasteiger charge is 2.30. The third kappa shape index (κ3) is 69.7. The van der Waals surface area contributed by atoms with Crippen molar-refractivity contribution in [1.82, 2.24) is 0 Å². The average Bonchev–Trinajstić information content (AvgIpc) is 1.36. The van der Waals surface area contributed by atoms with Gasteiger partial charge in [-0.25, -0.2) is 9.13 Å². The van der Waals surface area contributed by atoms with Crippen LogP contribution < -0.4 is 0 Å². The minimum atomic E-state index is -4.97. The molecule has 0 aromatic rings. The third-order valence-electron chi connectivity index (χ3n) is 17.1. The SMILES string of the molecule is CCCCC/C=C\C/C=C\CCCCCCCC(=O)OCC(COP(=O)(O)OCC(O)COP(=O)(O)OCC(COC(=O)CCCCCCCCCCCCCCC)OC(=O)CCCCCCCCCCCCCCC)OC(=O)CCCCCCC/C=C\CCCCCCCC. The van der Waals surface area contributed by atoms with Crippen molar-refractivity contribution in [1.29, 1.82) is 0 Å². The number of hydrogen-bond donors (Lipinski definition) is 3. The maximum absolute atomic E-state index is 13.1. The van der Waals surface area contributed by atoms with Crippen LogP contribution in [0.15, 0.2) is 36.5 Å². The molecular weight excluding hydrogens is 1260 g/mol. The number of allylic oxidation sites excluding steroid dienone is 6. The molecule has 0 radical (unpaired) electrons. The van der Waals surface area contributed by atoms with Gasteiger partial charge in [-0.2, -0.15) is 0 Å². The van der Waals surface area contributed by atoms with E-state index < -0.39 is 97.5 Å². The van der Waals surface area contributed by atoms with Gasteiger partial charge >= 0.3 is 39.5 Å². The van der Waals surface area contributed by atoms with E-state index in [1.165, 1.54) is 167 Å². The second kappa shape index (κ2) is 70.7. The molecule has 0 bridgehead atoms. The Balaban J connectivity index is 5.31. The smallest absolute Gasteiger partial charge is 0.462 e. The van der Waals surface area contributed by atoms with Crippen LogP contribution in [0, 0.1) is 0 Å². The number of ether oxygens (including phenoxy) is 4. The number of carbonyl (C=O) groups is 4. The van der Waals surface area contributed by atoms with E-state index in [0.29, 0.717) is 25.7 Å². The number of hydrogen-bond acceptors (Lipinski definition) is 15. The molecule has 3 N–H and O–H groups in total. The molecule has 0 spiro atoms. The predicted molar refractivity (Wildman–Crippen MR) is 391 cm³/mol. The van der Waals surface area contributed by atoms with Crippen LogP contribution in [0.25, 0.3) is 0 Å². The summed E-state index contributed by atoms with van der Waals surface area (Å²) in [4.78, 5) is 72.8. The number of aliphatic hydroxyl groups excluding tert-OH is 1. The normalized spacial score (nSPS) is 14.1. The largest absolute Gasteiger partial charge is 0.472 e. The molecular formula is C77H144O17P2. The van der Waals surface area contributed by atoms with Crippen molar-refractivity contribution in [2.45, 2.75) is 393 Å². The maximum Gasteiger partial charge on any atom is 0.472 e. The van der Waals surface area contributed by atoms with Crippen molar-refractivity contribution < 1.29 is 80.2 Å². The number of carbonyl (C=O) groups excluding carboxylic acids is 4. The molecule has 0 amide bonds. The van der Waals surface area contributed by atoms with Gasteiger partial charge in [-0.1, -0.05) is 302 Å². The average molecular weight is 1400 g/mol. The number of esters is 4. The van der Waals surface area contributed by atoms with Crippen LogP contribution in [0.5, 0.6) is 0 Å². The first kappa shape index (κ1) is 93.3. The molecule has 5 unspecified atom stereocenters. The summed E-state index contributed by atoms with van der Waals surface area (Å²) in [6.45, 7) is 4.90. The lowest BCUT2D eigenvalue weighted by molar-refractivity contribution is -0.161. The van der Waals surface area contributed by atoms with Crippen molar-refractivity contribution in [3.05, 3.63) is 36.5 Å². The Labute approximate surface area is 585 Å². The van der Waals surface area contributed by atoms with Gasteiger partial charge in [0.05, 0.1) is 26.4 Å². The third-order valence-corrected chi connectivity index (χ3v) is 19.0. The Hall–Kier alpha value is -2.72. The first-order valence-electron chi connectivity index (χ1n) is 39.2. The molecule has 5 atom stereocenters. The van der Waals surface area contributed by atoms with E-state index in [2.05, 4.69) is 64.2 Å². The monoisotopic (exact) mass is 1400 g/mol. The van der Waals surface area contributed by atoms with E-state index in [9.17, 15) is 43.2 Å². The molecule has 0 aromatic heterocycles. The Morgan fingerprint density at radius 2 is 0.510 bits per heavy atom. The number of unbranched alkanes of at least 4 members (excludes halogenated alkanes) is 43. The fraction of sp³-hybridized carbons (Fsp3) is 0.870. The fourth-order valence-corrected chi connectivity index (χ4v) is 12.7. The lowest BCUT2D eigenvalue weighted by atomic mass is 10.0. The topological polar surface area (TPSA) is 237 Å². The summed E-state index contributed by atoms with van der Waals surface area (Å²) < 4.78 is 68.5. The minimum Gasteiger partial charge on any atom is -0.462 e. The Morgan fingerprint density at radius 1 is 0.292 bits per heavy atom. The van der Waals surface area contributed by atoms with Crippen LogP contribution in [-0.4, -0.2) is 96.7 Å². The zero-order chi connectivity index (χ0) is 70.4. The first-order valence-corrected chi connectivity index (χ1v) is 42.2. The molecule has 0 fully saturated rings. The van der Waals surface area contributed by atoms with E-state index in [4.69, 9.17) is 37.0 Å². The molecule has 0 saturated heterocycles. The van der Waals surface area contributed by atoms with Crippen molar-refractivity contribution in [3.63, 3.8) is 0 Å². The van der Waals surface area contributed by atoms with Crippen LogP contribution in [-0.2, 0) is 65.4 Å². The van der Waals surface area contributed by atoms with Gasteiger partial charge in [-0.3, -0.25) is 37.3 Å². The molecule has 0 aromatic carbocycles. The summed E-state index contributed by atoms with van der Waals surface area (Å²) in [5, 5.41) is 10.6.